The first-order chi connectivity index (χ1) is 9.40. The monoisotopic (exact) mass is 291 g/mol. The van der Waals surface area contributed by atoms with Gasteiger partial charge in [0.2, 0.25) is 5.96 Å². The van der Waals surface area contributed by atoms with Crippen molar-refractivity contribution in [3.63, 3.8) is 0 Å². The molecule has 0 amide bonds. The topological polar surface area (TPSA) is 84.1 Å². The fraction of sp³-hybridized carbons (Fsp3) is 0.357. The lowest BCUT2D eigenvalue weighted by molar-refractivity contribution is 0.503. The molecule has 0 saturated heterocycles. The van der Waals surface area contributed by atoms with Gasteiger partial charge in [0, 0.05) is 16.9 Å². The molecule has 0 radical (unpaired) electrons. The standard InChI is InChI=1S/C14H18ClN5/c1-4-14(2,3)20-13(18-9-17)19-12-6-10(8-16)5-11(15)7-12/h5-8,16H,4H2,1-3H3,(H2,18,19,20). The van der Waals surface area contributed by atoms with Gasteiger partial charge in [-0.05, 0) is 44.0 Å². The van der Waals surface area contributed by atoms with Crippen LogP contribution in [0.15, 0.2) is 23.2 Å². The van der Waals surface area contributed by atoms with Gasteiger partial charge in [0.05, 0.1) is 5.54 Å². The maximum absolute atomic E-state index is 8.80. The summed E-state index contributed by atoms with van der Waals surface area (Å²) in [4.78, 5) is 4.47. The average Bonchev–Trinajstić information content (AvgIpc) is 2.37. The predicted octanol–water partition coefficient (Wildman–Crippen LogP) is 3.36. The lowest BCUT2D eigenvalue weighted by Gasteiger charge is -2.19. The molecule has 0 unspecified atom stereocenters. The molecule has 0 spiro atoms. The number of nitrogens with zero attached hydrogens (tertiary/aromatic N) is 2. The summed E-state index contributed by atoms with van der Waals surface area (Å²) < 4.78 is 0. The van der Waals surface area contributed by atoms with E-state index in [1.54, 1.807) is 18.2 Å². The number of guanidine groups is 1. The molecule has 0 atom stereocenters. The van der Waals surface area contributed by atoms with E-state index in [0.29, 0.717) is 22.2 Å². The molecule has 1 aromatic rings. The molecular weight excluding hydrogens is 274 g/mol. The maximum Gasteiger partial charge on any atom is 0.209 e. The molecule has 0 aliphatic heterocycles. The van der Waals surface area contributed by atoms with E-state index in [0.717, 1.165) is 6.42 Å². The normalized spacial score (nSPS) is 11.7. The second-order valence-electron chi connectivity index (χ2n) is 4.91. The Morgan fingerprint density at radius 2 is 2.20 bits per heavy atom. The zero-order chi connectivity index (χ0) is 15.2. The zero-order valence-corrected chi connectivity index (χ0v) is 12.5. The summed E-state index contributed by atoms with van der Waals surface area (Å²) in [5.74, 6) is 0.359. The molecule has 106 valence electrons. The van der Waals surface area contributed by atoms with Crippen LogP contribution >= 0.6 is 11.6 Å². The second-order valence-corrected chi connectivity index (χ2v) is 5.34. The van der Waals surface area contributed by atoms with Crippen LogP contribution in [-0.2, 0) is 0 Å². The van der Waals surface area contributed by atoms with Crippen molar-refractivity contribution in [3.05, 3.63) is 28.8 Å². The Bertz CT molecular complexity index is 557. The fourth-order valence-corrected chi connectivity index (χ4v) is 1.67. The zero-order valence-electron chi connectivity index (χ0n) is 11.8. The van der Waals surface area contributed by atoms with Crippen LogP contribution in [0.25, 0.3) is 0 Å². The number of aliphatic imine (C=N–C) groups is 1. The van der Waals surface area contributed by atoms with Crippen LogP contribution in [0.3, 0.4) is 0 Å². The highest BCUT2D eigenvalue weighted by Gasteiger charge is 2.15. The first kappa shape index (κ1) is 16.0. The van der Waals surface area contributed by atoms with Gasteiger partial charge in [-0.3, -0.25) is 5.32 Å². The third-order valence-electron chi connectivity index (χ3n) is 2.80. The molecule has 20 heavy (non-hydrogen) atoms. The van der Waals surface area contributed by atoms with E-state index in [1.807, 2.05) is 27.0 Å². The second kappa shape index (κ2) is 6.92. The smallest absolute Gasteiger partial charge is 0.209 e. The van der Waals surface area contributed by atoms with Crippen molar-refractivity contribution < 1.29 is 0 Å². The number of hydrogen-bond acceptors (Lipinski definition) is 3. The number of halogens is 1. The third-order valence-corrected chi connectivity index (χ3v) is 3.02. The van der Waals surface area contributed by atoms with Crippen LogP contribution in [0.4, 0.5) is 5.69 Å². The Kier molecular flexibility index (Phi) is 5.53. The molecule has 1 aromatic carbocycles. The van der Waals surface area contributed by atoms with E-state index in [-0.39, 0.29) is 5.54 Å². The average molecular weight is 292 g/mol. The van der Waals surface area contributed by atoms with Crippen molar-refractivity contribution in [1.82, 2.24) is 5.32 Å². The van der Waals surface area contributed by atoms with Crippen molar-refractivity contribution in [2.24, 2.45) is 4.99 Å². The van der Waals surface area contributed by atoms with Gasteiger partial charge in [-0.2, -0.15) is 5.26 Å². The Morgan fingerprint density at radius 1 is 1.50 bits per heavy atom. The number of nitriles is 1. The Hall–Kier alpha value is -2.06. The summed E-state index contributed by atoms with van der Waals surface area (Å²) in [7, 11) is 0. The van der Waals surface area contributed by atoms with E-state index in [1.165, 1.54) is 6.21 Å². The number of benzene rings is 1. The largest absolute Gasteiger partial charge is 0.325 e. The SMILES string of the molecule is CCC(C)(C)N=C(NC#N)Nc1cc(Cl)cc(C=N)c1. The highest BCUT2D eigenvalue weighted by molar-refractivity contribution is 6.31. The summed E-state index contributed by atoms with van der Waals surface area (Å²) in [5.41, 5.74) is 1.06. The Labute approximate surface area is 124 Å². The number of rotatable bonds is 4. The first-order valence-corrected chi connectivity index (χ1v) is 6.61. The van der Waals surface area contributed by atoms with Crippen LogP contribution in [0, 0.1) is 16.9 Å². The maximum atomic E-state index is 8.80. The third kappa shape index (κ3) is 4.90. The lowest BCUT2D eigenvalue weighted by atomic mass is 10.0. The first-order valence-electron chi connectivity index (χ1n) is 6.23. The molecule has 6 heteroatoms. The molecule has 0 fully saturated rings. The molecule has 0 heterocycles. The summed E-state index contributed by atoms with van der Waals surface area (Å²) >= 11 is 5.98. The number of nitrogens with one attached hydrogen (secondary N) is 3. The van der Waals surface area contributed by atoms with Crippen molar-refractivity contribution in [3.8, 4) is 6.19 Å². The van der Waals surface area contributed by atoms with Crippen LogP contribution in [-0.4, -0.2) is 17.7 Å². The molecule has 0 aliphatic rings. The van der Waals surface area contributed by atoms with Gasteiger partial charge in [0.1, 0.15) is 0 Å². The molecule has 0 bridgehead atoms. The molecule has 3 N–H and O–H groups in total. The van der Waals surface area contributed by atoms with Gasteiger partial charge in [0.15, 0.2) is 6.19 Å². The van der Waals surface area contributed by atoms with E-state index >= 15 is 0 Å². The van der Waals surface area contributed by atoms with Crippen LogP contribution < -0.4 is 10.6 Å². The van der Waals surface area contributed by atoms with Crippen molar-refractivity contribution in [2.45, 2.75) is 32.7 Å². The molecule has 0 aromatic heterocycles. The Balaban J connectivity index is 3.05. The number of hydrogen-bond donors (Lipinski definition) is 3. The van der Waals surface area contributed by atoms with Gasteiger partial charge >= 0.3 is 0 Å². The van der Waals surface area contributed by atoms with Crippen LogP contribution in [0.1, 0.15) is 32.8 Å². The minimum Gasteiger partial charge on any atom is -0.325 e. The minimum absolute atomic E-state index is 0.283. The lowest BCUT2D eigenvalue weighted by Crippen LogP contribution is -2.31. The highest BCUT2D eigenvalue weighted by Crippen LogP contribution is 2.19. The predicted molar refractivity (Wildman–Crippen MR) is 83.5 cm³/mol. The molecule has 0 aliphatic carbocycles. The quantitative estimate of drug-likeness (QED) is 0.344. The van der Waals surface area contributed by atoms with Crippen molar-refractivity contribution >= 4 is 29.5 Å². The van der Waals surface area contributed by atoms with Gasteiger partial charge in [-0.25, -0.2) is 4.99 Å². The van der Waals surface area contributed by atoms with Gasteiger partial charge in [0.25, 0.3) is 0 Å². The van der Waals surface area contributed by atoms with E-state index in [2.05, 4.69) is 15.6 Å². The summed E-state index contributed by atoms with van der Waals surface area (Å²) in [6, 6.07) is 5.15. The van der Waals surface area contributed by atoms with Crippen LogP contribution in [0.2, 0.25) is 5.02 Å². The molecule has 1 rings (SSSR count). The van der Waals surface area contributed by atoms with Gasteiger partial charge < -0.3 is 10.7 Å². The van der Waals surface area contributed by atoms with E-state index < -0.39 is 0 Å². The molecule has 0 saturated carbocycles. The van der Waals surface area contributed by atoms with Crippen molar-refractivity contribution in [1.29, 1.82) is 10.7 Å². The Morgan fingerprint density at radius 3 is 2.75 bits per heavy atom. The highest BCUT2D eigenvalue weighted by atomic mass is 35.5. The van der Waals surface area contributed by atoms with Crippen molar-refractivity contribution in [2.75, 3.05) is 5.32 Å². The summed E-state index contributed by atoms with van der Waals surface area (Å²) in [5, 5.41) is 22.1. The minimum atomic E-state index is -0.283. The molecular formula is C14H18ClN5. The van der Waals surface area contributed by atoms with Crippen LogP contribution in [0.5, 0.6) is 0 Å². The summed E-state index contributed by atoms with van der Waals surface area (Å²) in [6.07, 6.45) is 3.91. The molecule has 5 nitrogen and oxygen atoms in total. The fourth-order valence-electron chi connectivity index (χ4n) is 1.43. The van der Waals surface area contributed by atoms with E-state index in [4.69, 9.17) is 22.3 Å². The number of anilines is 1. The van der Waals surface area contributed by atoms with Gasteiger partial charge in [-0.15, -0.1) is 0 Å². The van der Waals surface area contributed by atoms with Gasteiger partial charge in [-0.1, -0.05) is 18.5 Å². The summed E-state index contributed by atoms with van der Waals surface area (Å²) in [6.45, 7) is 5.99. The van der Waals surface area contributed by atoms with E-state index in [9.17, 15) is 0 Å².